The molecular formula is C10H21N. The standard InChI is InChI=1S/C10H21N/c1-3-7-11-8-9(4-2)10-5-6-10/h9-11H,3-8H2,1-2H3. The summed E-state index contributed by atoms with van der Waals surface area (Å²) in [5.74, 6) is 2.05. The second-order valence-corrected chi connectivity index (χ2v) is 3.71. The lowest BCUT2D eigenvalue weighted by atomic mass is 10.0. The van der Waals surface area contributed by atoms with Crippen molar-refractivity contribution in [2.45, 2.75) is 39.5 Å². The smallest absolute Gasteiger partial charge is 0.00180 e. The van der Waals surface area contributed by atoms with E-state index in [1.807, 2.05) is 0 Å². The zero-order valence-electron chi connectivity index (χ0n) is 7.90. The SMILES string of the molecule is CCCNCC(CC)C1CC1. The van der Waals surface area contributed by atoms with Crippen molar-refractivity contribution in [3.8, 4) is 0 Å². The minimum atomic E-state index is 0.974. The van der Waals surface area contributed by atoms with Gasteiger partial charge in [0.1, 0.15) is 0 Å². The lowest BCUT2D eigenvalue weighted by Gasteiger charge is -2.13. The molecule has 1 atom stereocenters. The van der Waals surface area contributed by atoms with Crippen LogP contribution >= 0.6 is 0 Å². The van der Waals surface area contributed by atoms with Crippen LogP contribution in [0.2, 0.25) is 0 Å². The molecule has 0 spiro atoms. The molecule has 1 fully saturated rings. The van der Waals surface area contributed by atoms with Crippen LogP contribution in [0, 0.1) is 11.8 Å². The summed E-state index contributed by atoms with van der Waals surface area (Å²) in [7, 11) is 0. The molecule has 1 saturated carbocycles. The zero-order valence-corrected chi connectivity index (χ0v) is 7.90. The fourth-order valence-corrected chi connectivity index (χ4v) is 1.68. The summed E-state index contributed by atoms with van der Waals surface area (Å²) < 4.78 is 0. The third-order valence-corrected chi connectivity index (χ3v) is 2.65. The van der Waals surface area contributed by atoms with Crippen molar-refractivity contribution in [2.75, 3.05) is 13.1 Å². The van der Waals surface area contributed by atoms with Crippen molar-refractivity contribution in [3.63, 3.8) is 0 Å². The number of nitrogens with one attached hydrogen (secondary N) is 1. The zero-order chi connectivity index (χ0) is 8.10. The molecule has 1 unspecified atom stereocenters. The van der Waals surface area contributed by atoms with Crippen molar-refractivity contribution in [3.05, 3.63) is 0 Å². The minimum Gasteiger partial charge on any atom is -0.316 e. The molecule has 0 bridgehead atoms. The Labute approximate surface area is 70.6 Å². The number of hydrogen-bond acceptors (Lipinski definition) is 1. The Morgan fingerprint density at radius 2 is 2.09 bits per heavy atom. The summed E-state index contributed by atoms with van der Waals surface area (Å²) in [5, 5.41) is 3.51. The van der Waals surface area contributed by atoms with Gasteiger partial charge in [0.15, 0.2) is 0 Å². The van der Waals surface area contributed by atoms with E-state index in [2.05, 4.69) is 19.2 Å². The maximum atomic E-state index is 3.51. The summed E-state index contributed by atoms with van der Waals surface area (Å²) in [5.41, 5.74) is 0. The average molecular weight is 155 g/mol. The fraction of sp³-hybridized carbons (Fsp3) is 1.00. The Hall–Kier alpha value is -0.0400. The predicted octanol–water partition coefficient (Wildman–Crippen LogP) is 2.42. The van der Waals surface area contributed by atoms with Crippen LogP contribution in [0.3, 0.4) is 0 Å². The van der Waals surface area contributed by atoms with E-state index in [1.54, 1.807) is 0 Å². The van der Waals surface area contributed by atoms with Crippen LogP contribution in [-0.4, -0.2) is 13.1 Å². The Balaban J connectivity index is 2.01. The van der Waals surface area contributed by atoms with Gasteiger partial charge in [0.25, 0.3) is 0 Å². The summed E-state index contributed by atoms with van der Waals surface area (Å²) in [6.45, 7) is 7.00. The first-order chi connectivity index (χ1) is 5.38. The molecule has 1 nitrogen and oxygen atoms in total. The van der Waals surface area contributed by atoms with Gasteiger partial charge in [-0.15, -0.1) is 0 Å². The summed E-state index contributed by atoms with van der Waals surface area (Å²) in [4.78, 5) is 0. The molecule has 1 N–H and O–H groups in total. The first-order valence-electron chi connectivity index (χ1n) is 5.09. The van der Waals surface area contributed by atoms with Crippen LogP contribution in [0.4, 0.5) is 0 Å². The minimum absolute atomic E-state index is 0.974. The highest BCUT2D eigenvalue weighted by molar-refractivity contribution is 4.81. The highest BCUT2D eigenvalue weighted by Crippen LogP contribution is 2.37. The second kappa shape index (κ2) is 4.76. The summed E-state index contributed by atoms with van der Waals surface area (Å²) in [6, 6.07) is 0. The Bertz CT molecular complexity index is 97.0. The largest absolute Gasteiger partial charge is 0.316 e. The van der Waals surface area contributed by atoms with Crippen molar-refractivity contribution in [2.24, 2.45) is 11.8 Å². The monoisotopic (exact) mass is 155 g/mol. The molecule has 0 aromatic carbocycles. The maximum Gasteiger partial charge on any atom is -0.00180 e. The van der Waals surface area contributed by atoms with Gasteiger partial charge >= 0.3 is 0 Å². The van der Waals surface area contributed by atoms with Crippen LogP contribution in [0.1, 0.15) is 39.5 Å². The lowest BCUT2D eigenvalue weighted by molar-refractivity contribution is 0.414. The molecular weight excluding hydrogens is 134 g/mol. The normalized spacial score (nSPS) is 20.2. The molecule has 11 heavy (non-hydrogen) atoms. The number of hydrogen-bond donors (Lipinski definition) is 1. The van der Waals surface area contributed by atoms with Gasteiger partial charge in [-0.3, -0.25) is 0 Å². The van der Waals surface area contributed by atoms with Gasteiger partial charge in [-0.05, 0) is 44.2 Å². The molecule has 0 aromatic heterocycles. The Morgan fingerprint density at radius 3 is 2.55 bits per heavy atom. The van der Waals surface area contributed by atoms with Gasteiger partial charge in [-0.2, -0.15) is 0 Å². The van der Waals surface area contributed by atoms with E-state index in [9.17, 15) is 0 Å². The molecule has 1 aliphatic rings. The van der Waals surface area contributed by atoms with Gasteiger partial charge in [0.05, 0.1) is 0 Å². The topological polar surface area (TPSA) is 12.0 Å². The predicted molar refractivity (Wildman–Crippen MR) is 49.7 cm³/mol. The van der Waals surface area contributed by atoms with E-state index < -0.39 is 0 Å². The maximum absolute atomic E-state index is 3.51. The van der Waals surface area contributed by atoms with E-state index in [4.69, 9.17) is 0 Å². The van der Waals surface area contributed by atoms with Crippen molar-refractivity contribution < 1.29 is 0 Å². The Kier molecular flexibility index (Phi) is 3.92. The van der Waals surface area contributed by atoms with E-state index in [0.717, 1.165) is 11.8 Å². The van der Waals surface area contributed by atoms with E-state index in [0.29, 0.717) is 0 Å². The molecule has 1 rings (SSSR count). The molecule has 0 amide bonds. The summed E-state index contributed by atoms with van der Waals surface area (Å²) in [6.07, 6.45) is 5.61. The first-order valence-corrected chi connectivity index (χ1v) is 5.09. The van der Waals surface area contributed by atoms with Gasteiger partial charge in [0, 0.05) is 0 Å². The van der Waals surface area contributed by atoms with Crippen LogP contribution in [0.5, 0.6) is 0 Å². The third kappa shape index (κ3) is 3.24. The molecule has 0 heterocycles. The van der Waals surface area contributed by atoms with Crippen molar-refractivity contribution in [1.29, 1.82) is 0 Å². The highest BCUT2D eigenvalue weighted by atomic mass is 14.9. The average Bonchev–Trinajstić information content (AvgIpc) is 2.81. The molecule has 66 valence electrons. The molecule has 0 aliphatic heterocycles. The molecule has 1 aliphatic carbocycles. The van der Waals surface area contributed by atoms with E-state index in [1.165, 1.54) is 38.8 Å². The van der Waals surface area contributed by atoms with Crippen molar-refractivity contribution >= 4 is 0 Å². The van der Waals surface area contributed by atoms with Gasteiger partial charge in [-0.1, -0.05) is 20.3 Å². The quantitative estimate of drug-likeness (QED) is 0.581. The Morgan fingerprint density at radius 1 is 1.36 bits per heavy atom. The van der Waals surface area contributed by atoms with Gasteiger partial charge in [-0.25, -0.2) is 0 Å². The molecule has 0 saturated heterocycles. The second-order valence-electron chi connectivity index (χ2n) is 3.71. The van der Waals surface area contributed by atoms with E-state index in [-0.39, 0.29) is 0 Å². The van der Waals surface area contributed by atoms with Crippen molar-refractivity contribution in [1.82, 2.24) is 5.32 Å². The highest BCUT2D eigenvalue weighted by Gasteiger charge is 2.29. The molecule has 0 radical (unpaired) electrons. The van der Waals surface area contributed by atoms with E-state index >= 15 is 0 Å². The van der Waals surface area contributed by atoms with Crippen LogP contribution in [-0.2, 0) is 0 Å². The van der Waals surface area contributed by atoms with Crippen LogP contribution in [0.15, 0.2) is 0 Å². The third-order valence-electron chi connectivity index (χ3n) is 2.65. The molecule has 0 aromatic rings. The lowest BCUT2D eigenvalue weighted by Crippen LogP contribution is -2.24. The van der Waals surface area contributed by atoms with Gasteiger partial charge < -0.3 is 5.32 Å². The summed E-state index contributed by atoms with van der Waals surface area (Å²) >= 11 is 0. The molecule has 1 heteroatoms. The fourth-order valence-electron chi connectivity index (χ4n) is 1.68. The van der Waals surface area contributed by atoms with Crippen LogP contribution in [0.25, 0.3) is 0 Å². The number of rotatable bonds is 6. The first kappa shape index (κ1) is 9.05. The van der Waals surface area contributed by atoms with Gasteiger partial charge in [0.2, 0.25) is 0 Å². The van der Waals surface area contributed by atoms with Crippen LogP contribution < -0.4 is 5.32 Å².